The van der Waals surface area contributed by atoms with Gasteiger partial charge < -0.3 is 9.84 Å². The van der Waals surface area contributed by atoms with Gasteiger partial charge in [0.25, 0.3) is 0 Å². The van der Waals surface area contributed by atoms with E-state index in [1.54, 1.807) is 0 Å². The third-order valence-corrected chi connectivity index (χ3v) is 2.87. The number of aryl methyl sites for hydroxylation is 2. The Balaban J connectivity index is 2.42. The van der Waals surface area contributed by atoms with Crippen LogP contribution in [0, 0.1) is 13.8 Å². The molecule has 0 radical (unpaired) electrons. The van der Waals surface area contributed by atoms with Crippen molar-refractivity contribution in [1.29, 1.82) is 0 Å². The highest BCUT2D eigenvalue weighted by Gasteiger charge is 2.03. The van der Waals surface area contributed by atoms with Crippen LogP contribution in [0.25, 0.3) is 0 Å². The Kier molecular flexibility index (Phi) is 6.01. The molecule has 0 aliphatic carbocycles. The summed E-state index contributed by atoms with van der Waals surface area (Å²) in [7, 11) is 0. The Labute approximate surface area is 104 Å². The maximum atomic E-state index is 8.88. The molecule has 0 saturated heterocycles. The van der Waals surface area contributed by atoms with Crippen LogP contribution in [0.5, 0.6) is 5.75 Å². The zero-order chi connectivity index (χ0) is 12.7. The second-order valence-corrected chi connectivity index (χ2v) is 4.28. The summed E-state index contributed by atoms with van der Waals surface area (Å²) >= 11 is 0. The average molecular weight is 237 g/mol. The predicted octanol–water partition coefficient (Wildman–Crippen LogP) is 2.00. The van der Waals surface area contributed by atoms with Crippen LogP contribution in [0.3, 0.4) is 0 Å². The van der Waals surface area contributed by atoms with E-state index in [1.165, 1.54) is 11.1 Å². The summed E-state index contributed by atoms with van der Waals surface area (Å²) in [4.78, 5) is 2.17. The van der Waals surface area contributed by atoms with Crippen molar-refractivity contribution in [3.8, 4) is 5.75 Å². The topological polar surface area (TPSA) is 32.7 Å². The van der Waals surface area contributed by atoms with Gasteiger partial charge in [-0.15, -0.1) is 0 Å². The molecule has 0 atom stereocenters. The smallest absolute Gasteiger partial charge is 0.122 e. The minimum absolute atomic E-state index is 0.206. The minimum atomic E-state index is 0.206. The molecule has 0 heterocycles. The summed E-state index contributed by atoms with van der Waals surface area (Å²) in [5.74, 6) is 0.963. The lowest BCUT2D eigenvalue weighted by Gasteiger charge is -2.19. The van der Waals surface area contributed by atoms with Gasteiger partial charge in [-0.1, -0.05) is 19.1 Å². The van der Waals surface area contributed by atoms with Gasteiger partial charge in [0, 0.05) is 13.1 Å². The van der Waals surface area contributed by atoms with E-state index in [-0.39, 0.29) is 6.61 Å². The summed E-state index contributed by atoms with van der Waals surface area (Å²) in [6.45, 7) is 9.59. The van der Waals surface area contributed by atoms with Crippen molar-refractivity contribution in [1.82, 2.24) is 4.90 Å². The Bertz CT molecular complexity index is 339. The van der Waals surface area contributed by atoms with Gasteiger partial charge in [0.1, 0.15) is 12.4 Å². The number of hydrogen-bond acceptors (Lipinski definition) is 3. The first-order valence-corrected chi connectivity index (χ1v) is 6.20. The Morgan fingerprint density at radius 3 is 2.65 bits per heavy atom. The molecule has 0 aromatic heterocycles. The molecule has 0 spiro atoms. The molecule has 0 fully saturated rings. The first kappa shape index (κ1) is 14.0. The van der Waals surface area contributed by atoms with E-state index >= 15 is 0 Å². The van der Waals surface area contributed by atoms with Gasteiger partial charge >= 0.3 is 0 Å². The van der Waals surface area contributed by atoms with Gasteiger partial charge in [0.05, 0.1) is 6.61 Å². The normalized spacial score (nSPS) is 10.9. The average Bonchev–Trinajstić information content (AvgIpc) is 2.32. The van der Waals surface area contributed by atoms with Crippen LogP contribution in [-0.4, -0.2) is 42.9 Å². The first-order valence-electron chi connectivity index (χ1n) is 6.20. The van der Waals surface area contributed by atoms with Gasteiger partial charge in [-0.25, -0.2) is 0 Å². The molecule has 3 nitrogen and oxygen atoms in total. The number of aliphatic hydroxyl groups is 1. The van der Waals surface area contributed by atoms with Crippen LogP contribution in [0.2, 0.25) is 0 Å². The second kappa shape index (κ2) is 7.30. The maximum absolute atomic E-state index is 8.88. The molecule has 3 heteroatoms. The van der Waals surface area contributed by atoms with Crippen molar-refractivity contribution in [2.24, 2.45) is 0 Å². The van der Waals surface area contributed by atoms with Gasteiger partial charge in [-0.3, -0.25) is 4.90 Å². The number of aliphatic hydroxyl groups excluding tert-OH is 1. The number of hydrogen-bond donors (Lipinski definition) is 1. The molecule has 0 bridgehead atoms. The number of nitrogens with zero attached hydrogens (tertiary/aromatic N) is 1. The number of ether oxygens (including phenoxy) is 1. The molecule has 0 saturated carbocycles. The van der Waals surface area contributed by atoms with Crippen molar-refractivity contribution in [2.75, 3.05) is 32.8 Å². The van der Waals surface area contributed by atoms with Crippen LogP contribution < -0.4 is 4.74 Å². The fraction of sp³-hybridized carbons (Fsp3) is 0.571. The monoisotopic (exact) mass is 237 g/mol. The van der Waals surface area contributed by atoms with Gasteiger partial charge in [0.15, 0.2) is 0 Å². The molecule has 0 unspecified atom stereocenters. The Morgan fingerprint density at radius 2 is 2.00 bits per heavy atom. The standard InChI is InChI=1S/C14H23NO2/c1-4-15(7-9-16)8-10-17-14-11-12(2)5-6-13(14)3/h5-6,11,16H,4,7-10H2,1-3H3. The third kappa shape index (κ3) is 4.75. The van der Waals surface area contributed by atoms with Crippen molar-refractivity contribution < 1.29 is 9.84 Å². The van der Waals surface area contributed by atoms with E-state index in [1.807, 2.05) is 0 Å². The fourth-order valence-corrected chi connectivity index (χ4v) is 1.72. The summed E-state index contributed by atoms with van der Waals surface area (Å²) < 4.78 is 5.77. The highest BCUT2D eigenvalue weighted by Crippen LogP contribution is 2.18. The van der Waals surface area contributed by atoms with Gasteiger partial charge in [-0.05, 0) is 37.6 Å². The van der Waals surface area contributed by atoms with Crippen molar-refractivity contribution in [3.63, 3.8) is 0 Å². The van der Waals surface area contributed by atoms with E-state index < -0.39 is 0 Å². The van der Waals surface area contributed by atoms with Crippen LogP contribution in [0.1, 0.15) is 18.1 Å². The molecule has 1 aromatic rings. The Hall–Kier alpha value is -1.06. The zero-order valence-electron chi connectivity index (χ0n) is 11.1. The van der Waals surface area contributed by atoms with E-state index in [4.69, 9.17) is 9.84 Å². The van der Waals surface area contributed by atoms with E-state index in [2.05, 4.69) is 43.9 Å². The quantitative estimate of drug-likeness (QED) is 0.787. The van der Waals surface area contributed by atoms with E-state index in [0.29, 0.717) is 13.2 Å². The van der Waals surface area contributed by atoms with Crippen molar-refractivity contribution in [2.45, 2.75) is 20.8 Å². The molecule has 1 aromatic carbocycles. The molecule has 0 aliphatic rings. The summed E-state index contributed by atoms with van der Waals surface area (Å²) in [5, 5.41) is 8.88. The van der Waals surface area contributed by atoms with E-state index in [0.717, 1.165) is 18.8 Å². The first-order chi connectivity index (χ1) is 8.17. The molecule has 1 rings (SSSR count). The van der Waals surface area contributed by atoms with E-state index in [9.17, 15) is 0 Å². The minimum Gasteiger partial charge on any atom is -0.492 e. The predicted molar refractivity (Wildman–Crippen MR) is 70.6 cm³/mol. The highest BCUT2D eigenvalue weighted by molar-refractivity contribution is 5.35. The number of benzene rings is 1. The van der Waals surface area contributed by atoms with Crippen molar-refractivity contribution >= 4 is 0 Å². The largest absolute Gasteiger partial charge is 0.492 e. The zero-order valence-corrected chi connectivity index (χ0v) is 11.1. The van der Waals surface area contributed by atoms with Gasteiger partial charge in [-0.2, -0.15) is 0 Å². The molecule has 1 N–H and O–H groups in total. The molecular formula is C14H23NO2. The lowest BCUT2D eigenvalue weighted by Crippen LogP contribution is -2.30. The lowest BCUT2D eigenvalue weighted by molar-refractivity contribution is 0.174. The van der Waals surface area contributed by atoms with Crippen LogP contribution in [0.4, 0.5) is 0 Å². The molecule has 0 amide bonds. The SMILES string of the molecule is CCN(CCO)CCOc1cc(C)ccc1C. The van der Waals surface area contributed by atoms with Crippen LogP contribution in [-0.2, 0) is 0 Å². The van der Waals surface area contributed by atoms with Crippen molar-refractivity contribution in [3.05, 3.63) is 29.3 Å². The lowest BCUT2D eigenvalue weighted by atomic mass is 10.1. The second-order valence-electron chi connectivity index (χ2n) is 4.28. The molecule has 96 valence electrons. The van der Waals surface area contributed by atoms with Crippen LogP contribution >= 0.6 is 0 Å². The number of likely N-dealkylation sites (N-methyl/N-ethyl adjacent to an activating group) is 1. The Morgan fingerprint density at radius 1 is 1.24 bits per heavy atom. The molecular weight excluding hydrogens is 214 g/mol. The maximum Gasteiger partial charge on any atom is 0.122 e. The molecule has 0 aliphatic heterocycles. The summed E-state index contributed by atoms with van der Waals surface area (Å²) in [5.41, 5.74) is 2.38. The fourth-order valence-electron chi connectivity index (χ4n) is 1.72. The molecule has 17 heavy (non-hydrogen) atoms. The number of rotatable bonds is 7. The van der Waals surface area contributed by atoms with Crippen LogP contribution in [0.15, 0.2) is 18.2 Å². The third-order valence-electron chi connectivity index (χ3n) is 2.87. The highest BCUT2D eigenvalue weighted by atomic mass is 16.5. The summed E-state index contributed by atoms with van der Waals surface area (Å²) in [6.07, 6.45) is 0. The van der Waals surface area contributed by atoms with Gasteiger partial charge in [0.2, 0.25) is 0 Å². The summed E-state index contributed by atoms with van der Waals surface area (Å²) in [6, 6.07) is 6.24.